The molecule has 3 aromatic rings. The molecule has 0 saturated heterocycles. The van der Waals surface area contributed by atoms with E-state index in [1.54, 1.807) is 36.4 Å². The number of esters is 1. The highest BCUT2D eigenvalue weighted by molar-refractivity contribution is 5.94. The zero-order chi connectivity index (χ0) is 28.5. The molecule has 0 radical (unpaired) electrons. The molecule has 6 rings (SSSR count). The minimum atomic E-state index is -1.96. The first-order chi connectivity index (χ1) is 19.1. The Morgan fingerprint density at radius 1 is 1.30 bits per heavy atom. The van der Waals surface area contributed by atoms with E-state index in [1.165, 1.54) is 6.07 Å². The number of rotatable bonds is 6. The fourth-order valence-corrected chi connectivity index (χ4v) is 6.49. The summed E-state index contributed by atoms with van der Waals surface area (Å²) in [5, 5.41) is 24.0. The molecule has 2 aromatic heterocycles. The van der Waals surface area contributed by atoms with Gasteiger partial charge in [-0.3, -0.25) is 9.59 Å². The van der Waals surface area contributed by atoms with Gasteiger partial charge in [-0.25, -0.2) is 14.2 Å². The smallest absolute Gasteiger partial charge is 0.343 e. The second-order valence-electron chi connectivity index (χ2n) is 10.8. The molecule has 210 valence electrons. The van der Waals surface area contributed by atoms with Crippen molar-refractivity contribution in [1.82, 2.24) is 19.8 Å². The Kier molecular flexibility index (Phi) is 6.28. The van der Waals surface area contributed by atoms with Gasteiger partial charge in [-0.2, -0.15) is 0 Å². The lowest BCUT2D eigenvalue weighted by Crippen LogP contribution is -2.44. The molecule has 2 atom stereocenters. The van der Waals surface area contributed by atoms with Crippen molar-refractivity contribution in [2.24, 2.45) is 0 Å². The van der Waals surface area contributed by atoms with Crippen LogP contribution in [0.25, 0.3) is 22.3 Å². The van der Waals surface area contributed by atoms with Crippen molar-refractivity contribution < 1.29 is 28.9 Å². The molecule has 40 heavy (non-hydrogen) atoms. The summed E-state index contributed by atoms with van der Waals surface area (Å²) < 4.78 is 21.8. The molecular formula is C29H31FN4O6. The van der Waals surface area contributed by atoms with Crippen LogP contribution in [0.15, 0.2) is 16.9 Å². The maximum absolute atomic E-state index is 15.1. The molecule has 1 aromatic carbocycles. The average molecular weight is 551 g/mol. The maximum Gasteiger partial charge on any atom is 0.343 e. The van der Waals surface area contributed by atoms with Crippen LogP contribution >= 0.6 is 0 Å². The number of amides is 1. The summed E-state index contributed by atoms with van der Waals surface area (Å²) in [5.41, 5.74) is 2.42. The molecule has 0 bridgehead atoms. The number of benzene rings is 1. The van der Waals surface area contributed by atoms with Crippen molar-refractivity contribution in [3.8, 4) is 11.4 Å². The minimum absolute atomic E-state index is 0.0259. The first-order valence-corrected chi connectivity index (χ1v) is 13.5. The van der Waals surface area contributed by atoms with Crippen molar-refractivity contribution in [2.75, 3.05) is 26.7 Å². The fraction of sp³-hybridized carbons (Fsp3) is 0.448. The van der Waals surface area contributed by atoms with E-state index in [0.717, 1.165) is 22.1 Å². The third-order valence-electron chi connectivity index (χ3n) is 8.77. The number of ether oxygens (including phenoxy) is 1. The summed E-state index contributed by atoms with van der Waals surface area (Å²) >= 11 is 0. The van der Waals surface area contributed by atoms with Gasteiger partial charge in [0.25, 0.3) is 5.56 Å². The Bertz CT molecular complexity index is 1670. The van der Waals surface area contributed by atoms with Crippen LogP contribution in [0.1, 0.15) is 59.2 Å². The van der Waals surface area contributed by atoms with Gasteiger partial charge in [-0.1, -0.05) is 6.92 Å². The molecular weight excluding hydrogens is 519 g/mol. The van der Waals surface area contributed by atoms with Crippen LogP contribution in [0.3, 0.4) is 0 Å². The van der Waals surface area contributed by atoms with Crippen molar-refractivity contribution in [3.63, 3.8) is 0 Å². The number of aliphatic hydroxyl groups is 2. The van der Waals surface area contributed by atoms with E-state index in [4.69, 9.17) is 14.8 Å². The van der Waals surface area contributed by atoms with Crippen molar-refractivity contribution in [1.29, 1.82) is 0 Å². The van der Waals surface area contributed by atoms with E-state index in [-0.39, 0.29) is 67.2 Å². The molecule has 0 fully saturated rings. The molecule has 0 spiro atoms. The number of likely N-dealkylation sites (N-methyl/N-ethyl adjacent to an activating group) is 1. The van der Waals surface area contributed by atoms with Gasteiger partial charge in [0.05, 0.1) is 48.2 Å². The van der Waals surface area contributed by atoms with Gasteiger partial charge in [0.2, 0.25) is 5.91 Å². The molecule has 11 heteroatoms. The van der Waals surface area contributed by atoms with Crippen LogP contribution in [0.2, 0.25) is 0 Å². The summed E-state index contributed by atoms with van der Waals surface area (Å²) in [6.07, 6.45) is 1.15. The number of aryl methyl sites for hydroxylation is 1. The van der Waals surface area contributed by atoms with Crippen LogP contribution in [-0.2, 0) is 39.5 Å². The number of carbonyl (C=O) groups excluding carboxylic acids is 2. The van der Waals surface area contributed by atoms with Crippen molar-refractivity contribution in [2.45, 2.75) is 57.9 Å². The Hall–Kier alpha value is -3.67. The minimum Gasteiger partial charge on any atom is -0.458 e. The number of hydrogen-bond acceptors (Lipinski definition) is 8. The normalized spacial score (nSPS) is 20.6. The summed E-state index contributed by atoms with van der Waals surface area (Å²) in [6.45, 7) is 3.59. The number of halogens is 1. The molecule has 1 amide bonds. The number of nitrogens with zero attached hydrogens (tertiary/aromatic N) is 3. The summed E-state index contributed by atoms with van der Waals surface area (Å²) in [7, 11) is 1.73. The van der Waals surface area contributed by atoms with E-state index in [2.05, 4.69) is 5.32 Å². The highest BCUT2D eigenvalue weighted by Gasteiger charge is 2.46. The summed E-state index contributed by atoms with van der Waals surface area (Å²) in [6, 6.07) is 2.68. The Labute approximate surface area is 229 Å². The molecule has 1 aliphatic carbocycles. The maximum atomic E-state index is 15.1. The fourth-order valence-electron chi connectivity index (χ4n) is 6.49. The first kappa shape index (κ1) is 26.5. The largest absolute Gasteiger partial charge is 0.458 e. The monoisotopic (exact) mass is 550 g/mol. The molecule has 4 heterocycles. The van der Waals surface area contributed by atoms with E-state index >= 15 is 4.39 Å². The predicted molar refractivity (Wildman–Crippen MR) is 143 cm³/mol. The highest BCUT2D eigenvalue weighted by Crippen LogP contribution is 2.47. The number of hydrogen-bond donors (Lipinski definition) is 3. The Morgan fingerprint density at radius 2 is 2.08 bits per heavy atom. The van der Waals surface area contributed by atoms with Crippen LogP contribution < -0.4 is 10.9 Å². The number of pyridine rings is 2. The quantitative estimate of drug-likeness (QED) is 0.243. The van der Waals surface area contributed by atoms with Gasteiger partial charge in [-0.05, 0) is 48.9 Å². The topological polar surface area (TPSA) is 134 Å². The molecule has 0 saturated carbocycles. The second-order valence-corrected chi connectivity index (χ2v) is 10.8. The lowest BCUT2D eigenvalue weighted by Gasteiger charge is -2.35. The SMILES string of the molecule is CC[C@@]1(O)C(=O)OCc2c1cc1n(c2=O)Cc2c-1nc1cc(F)c(C)c3c1c2[C@@H](N(C)C(=O)CNCCO)CC3. The number of carbonyl (C=O) groups is 2. The zero-order valence-electron chi connectivity index (χ0n) is 22.6. The lowest BCUT2D eigenvalue weighted by molar-refractivity contribution is -0.172. The van der Waals surface area contributed by atoms with E-state index < -0.39 is 11.6 Å². The van der Waals surface area contributed by atoms with Crippen LogP contribution in [0.4, 0.5) is 4.39 Å². The number of aliphatic hydroxyl groups excluding tert-OH is 1. The van der Waals surface area contributed by atoms with Crippen LogP contribution in [0.5, 0.6) is 0 Å². The van der Waals surface area contributed by atoms with E-state index in [9.17, 15) is 19.5 Å². The van der Waals surface area contributed by atoms with Gasteiger partial charge in [0, 0.05) is 36.2 Å². The average Bonchev–Trinajstić information content (AvgIpc) is 3.32. The third-order valence-corrected chi connectivity index (χ3v) is 8.77. The number of nitrogens with one attached hydrogen (secondary N) is 1. The molecule has 2 aliphatic heterocycles. The number of fused-ring (bicyclic) bond motifs is 5. The summed E-state index contributed by atoms with van der Waals surface area (Å²) in [5.74, 6) is -1.34. The Morgan fingerprint density at radius 3 is 2.80 bits per heavy atom. The standard InChI is InChI=1S/C29H31FN4O6/c1-4-29(39)18-9-22-26-16(12-34(22)27(37)17(18)13-40-28(29)38)25-21(33(3)23(36)11-31-7-8-35)6-5-15-14(2)19(30)10-20(32-26)24(15)25/h9-10,21,31,35,39H,4-8,11-13H2,1-3H3/t21-,29-/m0/s1. The van der Waals surface area contributed by atoms with Crippen LogP contribution in [0, 0.1) is 12.7 Å². The van der Waals surface area contributed by atoms with Gasteiger partial charge < -0.3 is 29.7 Å². The third kappa shape index (κ3) is 3.64. The van der Waals surface area contributed by atoms with Gasteiger partial charge >= 0.3 is 5.97 Å². The van der Waals surface area contributed by atoms with Gasteiger partial charge in [0.1, 0.15) is 12.4 Å². The molecule has 3 aliphatic rings. The van der Waals surface area contributed by atoms with E-state index in [1.807, 2.05) is 0 Å². The molecule has 3 N–H and O–H groups in total. The van der Waals surface area contributed by atoms with Crippen LogP contribution in [-0.4, -0.2) is 63.3 Å². The molecule has 0 unspecified atom stereocenters. The van der Waals surface area contributed by atoms with E-state index in [0.29, 0.717) is 41.9 Å². The highest BCUT2D eigenvalue weighted by atomic mass is 19.1. The second kappa shape index (κ2) is 9.46. The Balaban J connectivity index is 1.58. The molecule has 10 nitrogen and oxygen atoms in total. The van der Waals surface area contributed by atoms with Gasteiger partial charge in [0.15, 0.2) is 5.60 Å². The van der Waals surface area contributed by atoms with Gasteiger partial charge in [-0.15, -0.1) is 0 Å². The summed E-state index contributed by atoms with van der Waals surface area (Å²) in [4.78, 5) is 45.9. The first-order valence-electron chi connectivity index (χ1n) is 13.5. The predicted octanol–water partition coefficient (Wildman–Crippen LogP) is 1.55. The lowest BCUT2D eigenvalue weighted by atomic mass is 9.81. The van der Waals surface area contributed by atoms with Crippen molar-refractivity contribution >= 4 is 22.8 Å². The number of aromatic nitrogens is 2. The van der Waals surface area contributed by atoms with Crippen molar-refractivity contribution in [3.05, 3.63) is 61.7 Å². The number of cyclic esters (lactones) is 1. The zero-order valence-corrected chi connectivity index (χ0v) is 22.6.